The number of allylic oxidation sites excluding steroid dienone is 1. The Morgan fingerprint density at radius 3 is 2.47 bits per heavy atom. The minimum atomic E-state index is 0.0597. The molecular formula is C15H18N2OS. The van der Waals surface area contributed by atoms with E-state index in [4.69, 9.17) is 0 Å². The summed E-state index contributed by atoms with van der Waals surface area (Å²) in [5.41, 5.74) is 3.85. The summed E-state index contributed by atoms with van der Waals surface area (Å²) in [6.07, 6.45) is 3.51. The van der Waals surface area contributed by atoms with E-state index in [1.54, 1.807) is 17.4 Å². The van der Waals surface area contributed by atoms with E-state index >= 15 is 0 Å². The molecule has 0 bridgehead atoms. The summed E-state index contributed by atoms with van der Waals surface area (Å²) in [5, 5.41) is 4.34. The van der Waals surface area contributed by atoms with Crippen LogP contribution < -0.4 is 0 Å². The minimum absolute atomic E-state index is 0.0597. The van der Waals surface area contributed by atoms with Crippen LogP contribution in [0.25, 0.3) is 6.08 Å². The lowest BCUT2D eigenvalue weighted by molar-refractivity contribution is 0.104. The van der Waals surface area contributed by atoms with Gasteiger partial charge in [0.15, 0.2) is 5.78 Å². The number of nitrogens with zero attached hydrogens (tertiary/aromatic N) is 2. The average molecular weight is 274 g/mol. The number of carbonyl (C=O) groups is 1. The van der Waals surface area contributed by atoms with Crippen molar-refractivity contribution in [1.29, 1.82) is 0 Å². The highest BCUT2D eigenvalue weighted by molar-refractivity contribution is 7.12. The Labute approximate surface area is 117 Å². The fourth-order valence-corrected chi connectivity index (χ4v) is 3.08. The third-order valence-corrected chi connectivity index (χ3v) is 4.24. The number of rotatable bonds is 3. The zero-order chi connectivity index (χ0) is 14.2. The molecule has 2 heterocycles. The van der Waals surface area contributed by atoms with E-state index in [0.717, 1.165) is 27.4 Å². The quantitative estimate of drug-likeness (QED) is 0.633. The molecule has 0 saturated carbocycles. The number of aryl methyl sites for hydroxylation is 4. The minimum Gasteiger partial charge on any atom is -0.289 e. The Kier molecular flexibility index (Phi) is 3.71. The van der Waals surface area contributed by atoms with E-state index in [-0.39, 0.29) is 5.78 Å². The molecule has 0 aromatic carbocycles. The van der Waals surface area contributed by atoms with Gasteiger partial charge >= 0.3 is 0 Å². The van der Waals surface area contributed by atoms with Crippen molar-refractivity contribution in [2.24, 2.45) is 7.05 Å². The number of hydrogen-bond donors (Lipinski definition) is 0. The maximum absolute atomic E-state index is 12.2. The molecule has 0 radical (unpaired) electrons. The lowest BCUT2D eigenvalue weighted by Gasteiger charge is -1.95. The second kappa shape index (κ2) is 5.13. The highest BCUT2D eigenvalue weighted by Crippen LogP contribution is 2.22. The van der Waals surface area contributed by atoms with Crippen LogP contribution in [0.2, 0.25) is 0 Å². The molecule has 0 atom stereocenters. The van der Waals surface area contributed by atoms with E-state index < -0.39 is 0 Å². The molecule has 4 heteroatoms. The van der Waals surface area contributed by atoms with Crippen LogP contribution in [-0.2, 0) is 7.05 Å². The van der Waals surface area contributed by atoms with E-state index in [2.05, 4.69) is 5.10 Å². The summed E-state index contributed by atoms with van der Waals surface area (Å²) in [5.74, 6) is 0.0597. The highest BCUT2D eigenvalue weighted by atomic mass is 32.1. The number of ketones is 1. The van der Waals surface area contributed by atoms with Crippen molar-refractivity contribution < 1.29 is 4.79 Å². The van der Waals surface area contributed by atoms with Crippen LogP contribution in [0.3, 0.4) is 0 Å². The van der Waals surface area contributed by atoms with Gasteiger partial charge < -0.3 is 0 Å². The van der Waals surface area contributed by atoms with Gasteiger partial charge in [-0.2, -0.15) is 5.10 Å². The van der Waals surface area contributed by atoms with Gasteiger partial charge in [-0.15, -0.1) is 11.3 Å². The molecule has 0 saturated heterocycles. The van der Waals surface area contributed by atoms with Gasteiger partial charge in [-0.25, -0.2) is 0 Å². The van der Waals surface area contributed by atoms with Crippen molar-refractivity contribution in [3.05, 3.63) is 44.4 Å². The van der Waals surface area contributed by atoms with Crippen LogP contribution in [-0.4, -0.2) is 15.6 Å². The van der Waals surface area contributed by atoms with Crippen LogP contribution in [0.5, 0.6) is 0 Å². The third-order valence-electron chi connectivity index (χ3n) is 3.27. The first-order chi connectivity index (χ1) is 8.90. The van der Waals surface area contributed by atoms with E-state index in [9.17, 15) is 4.79 Å². The Balaban J connectivity index is 2.28. The highest BCUT2D eigenvalue weighted by Gasteiger charge is 2.10. The molecule has 2 rings (SSSR count). The molecule has 0 spiro atoms. The molecule has 0 unspecified atom stereocenters. The van der Waals surface area contributed by atoms with Crippen molar-refractivity contribution >= 4 is 23.2 Å². The van der Waals surface area contributed by atoms with Crippen LogP contribution in [0.4, 0.5) is 0 Å². The number of carbonyl (C=O) groups excluding carboxylic acids is 1. The molecule has 0 aliphatic heterocycles. The van der Waals surface area contributed by atoms with Gasteiger partial charge in [-0.05, 0) is 45.9 Å². The van der Waals surface area contributed by atoms with E-state index in [1.165, 1.54) is 4.88 Å². The van der Waals surface area contributed by atoms with Crippen molar-refractivity contribution in [1.82, 2.24) is 9.78 Å². The topological polar surface area (TPSA) is 34.9 Å². The molecule has 0 aliphatic rings. The summed E-state index contributed by atoms with van der Waals surface area (Å²) in [6, 6.07) is 1.95. The van der Waals surface area contributed by atoms with Gasteiger partial charge in [-0.3, -0.25) is 9.48 Å². The van der Waals surface area contributed by atoms with Gasteiger partial charge in [0.25, 0.3) is 0 Å². The Hall–Kier alpha value is -1.68. The van der Waals surface area contributed by atoms with E-state index in [1.807, 2.05) is 51.6 Å². The monoisotopic (exact) mass is 274 g/mol. The Morgan fingerprint density at radius 2 is 2.00 bits per heavy atom. The largest absolute Gasteiger partial charge is 0.289 e. The fraction of sp³-hybridized carbons (Fsp3) is 0.333. The third kappa shape index (κ3) is 2.68. The summed E-state index contributed by atoms with van der Waals surface area (Å²) in [6.45, 7) is 7.97. The summed E-state index contributed by atoms with van der Waals surface area (Å²) >= 11 is 1.66. The molecule has 0 fully saturated rings. The molecule has 2 aromatic heterocycles. The molecular weight excluding hydrogens is 256 g/mol. The first-order valence-electron chi connectivity index (χ1n) is 6.19. The predicted molar refractivity (Wildman–Crippen MR) is 79.8 cm³/mol. The zero-order valence-corrected chi connectivity index (χ0v) is 12.8. The molecule has 0 N–H and O–H groups in total. The van der Waals surface area contributed by atoms with Crippen LogP contribution in [0, 0.1) is 27.7 Å². The smallest absolute Gasteiger partial charge is 0.186 e. The zero-order valence-electron chi connectivity index (χ0n) is 11.9. The summed E-state index contributed by atoms with van der Waals surface area (Å²) in [7, 11) is 1.91. The average Bonchev–Trinajstić information content (AvgIpc) is 2.78. The van der Waals surface area contributed by atoms with Crippen LogP contribution in [0.15, 0.2) is 12.1 Å². The van der Waals surface area contributed by atoms with Gasteiger partial charge in [0.2, 0.25) is 0 Å². The van der Waals surface area contributed by atoms with Crippen molar-refractivity contribution in [3.8, 4) is 0 Å². The Morgan fingerprint density at radius 1 is 1.32 bits per heavy atom. The van der Waals surface area contributed by atoms with E-state index in [0.29, 0.717) is 0 Å². The van der Waals surface area contributed by atoms with Crippen molar-refractivity contribution in [2.75, 3.05) is 0 Å². The van der Waals surface area contributed by atoms with Crippen LogP contribution >= 0.6 is 11.3 Å². The van der Waals surface area contributed by atoms with Crippen LogP contribution in [0.1, 0.15) is 37.1 Å². The fourth-order valence-electron chi connectivity index (χ4n) is 2.16. The molecule has 0 aliphatic carbocycles. The molecule has 3 nitrogen and oxygen atoms in total. The SMILES string of the molecule is Cc1cc(C(=O)/C=C/c2c(C)nn(C)c2C)c(C)s1. The first kappa shape index (κ1) is 13.7. The summed E-state index contributed by atoms with van der Waals surface area (Å²) < 4.78 is 1.83. The molecule has 2 aromatic rings. The Bertz CT molecular complexity index is 662. The van der Waals surface area contributed by atoms with Gasteiger partial charge in [0.1, 0.15) is 0 Å². The standard InChI is InChI=1S/C15H18N2OS/c1-9-8-14(12(4)19-9)15(18)7-6-13-10(2)16-17(5)11(13)3/h6-8H,1-5H3/b7-6+. The van der Waals surface area contributed by atoms with Gasteiger partial charge in [-0.1, -0.05) is 0 Å². The molecule has 0 amide bonds. The molecule has 100 valence electrons. The lowest BCUT2D eigenvalue weighted by Crippen LogP contribution is -1.94. The van der Waals surface area contributed by atoms with Crippen molar-refractivity contribution in [2.45, 2.75) is 27.7 Å². The maximum Gasteiger partial charge on any atom is 0.186 e. The second-order valence-corrected chi connectivity index (χ2v) is 6.19. The number of thiophene rings is 1. The lowest BCUT2D eigenvalue weighted by atomic mass is 10.1. The number of aromatic nitrogens is 2. The second-order valence-electron chi connectivity index (χ2n) is 4.73. The first-order valence-corrected chi connectivity index (χ1v) is 7.01. The normalized spacial score (nSPS) is 11.4. The van der Waals surface area contributed by atoms with Gasteiger partial charge in [0, 0.05) is 33.6 Å². The maximum atomic E-state index is 12.2. The predicted octanol–water partition coefficient (Wildman–Crippen LogP) is 3.61. The number of hydrogen-bond acceptors (Lipinski definition) is 3. The molecule has 19 heavy (non-hydrogen) atoms. The van der Waals surface area contributed by atoms with Gasteiger partial charge in [0.05, 0.1) is 5.69 Å². The van der Waals surface area contributed by atoms with Crippen molar-refractivity contribution in [3.63, 3.8) is 0 Å². The summed E-state index contributed by atoms with van der Waals surface area (Å²) in [4.78, 5) is 14.4.